The van der Waals surface area contributed by atoms with E-state index in [-0.39, 0.29) is 5.04 Å². The quantitative estimate of drug-likeness (QED) is 0.402. The second-order valence-corrected chi connectivity index (χ2v) is 20.0. The van der Waals surface area contributed by atoms with Gasteiger partial charge in [0.15, 0.2) is 0 Å². The lowest BCUT2D eigenvalue weighted by Gasteiger charge is -2.43. The maximum atomic E-state index is 5.50. The molecule has 0 unspecified atom stereocenters. The third-order valence-electron chi connectivity index (χ3n) is 6.48. The zero-order valence-electron chi connectivity index (χ0n) is 19.4. The van der Waals surface area contributed by atoms with Crippen LogP contribution in [0.4, 0.5) is 5.69 Å². The molecule has 0 heterocycles. The molecule has 0 fully saturated rings. The van der Waals surface area contributed by atoms with Crippen LogP contribution in [0.5, 0.6) is 5.75 Å². The summed E-state index contributed by atoms with van der Waals surface area (Å²) in [6.07, 6.45) is 0. The molecule has 0 amide bonds. The molecule has 0 aliphatic heterocycles. The molecule has 0 atom stereocenters. The number of aryl methyl sites for hydroxylation is 2. The van der Waals surface area contributed by atoms with Gasteiger partial charge in [0.1, 0.15) is 13.8 Å². The summed E-state index contributed by atoms with van der Waals surface area (Å²) in [7, 11) is -2.02. The van der Waals surface area contributed by atoms with E-state index >= 15 is 0 Å². The van der Waals surface area contributed by atoms with Crippen LogP contribution in [0.15, 0.2) is 47.5 Å². The van der Waals surface area contributed by atoms with E-state index in [1.165, 1.54) is 21.3 Å². The lowest BCUT2D eigenvalue weighted by Crippen LogP contribution is -2.63. The number of ether oxygens (including phenoxy) is 1. The lowest BCUT2D eigenvalue weighted by atomic mass is 10.1. The molecule has 2 aromatic carbocycles. The molecule has 4 heteroatoms. The standard InChI is InChI=1S/C24H37NOSi2/c1-18-16-20(26-6)17-19(2)22(18)25-23(28(9,10)24(3,4)5)27(7,8)21-14-12-11-13-15-21/h11-17H,1-10H3. The first-order valence-corrected chi connectivity index (χ1v) is 16.1. The Hall–Kier alpha value is -1.66. The Balaban J connectivity index is 2.79. The van der Waals surface area contributed by atoms with E-state index in [0.717, 1.165) is 11.4 Å². The molecule has 2 aromatic rings. The van der Waals surface area contributed by atoms with E-state index in [4.69, 9.17) is 9.73 Å². The lowest BCUT2D eigenvalue weighted by molar-refractivity contribution is 0.414. The molecule has 0 bridgehead atoms. The molecular weight excluding hydrogens is 374 g/mol. The van der Waals surface area contributed by atoms with Crippen molar-refractivity contribution in [2.45, 2.75) is 65.8 Å². The minimum absolute atomic E-state index is 0.235. The van der Waals surface area contributed by atoms with Gasteiger partial charge in [-0.1, -0.05) is 82.5 Å². The van der Waals surface area contributed by atoms with Crippen molar-refractivity contribution < 1.29 is 4.74 Å². The molecule has 2 rings (SSSR count). The van der Waals surface area contributed by atoms with Crippen LogP contribution >= 0.6 is 0 Å². The maximum Gasteiger partial charge on any atom is 0.124 e. The van der Waals surface area contributed by atoms with Gasteiger partial charge in [0.25, 0.3) is 0 Å². The number of benzene rings is 2. The Morgan fingerprint density at radius 3 is 1.82 bits per heavy atom. The zero-order valence-corrected chi connectivity index (χ0v) is 21.4. The summed E-state index contributed by atoms with van der Waals surface area (Å²) in [6, 6.07) is 15.2. The molecule has 0 aliphatic rings. The largest absolute Gasteiger partial charge is 0.497 e. The number of aliphatic imine (C=N–C) groups is 1. The fraction of sp³-hybridized carbons (Fsp3) is 0.458. The molecule has 0 aromatic heterocycles. The molecule has 28 heavy (non-hydrogen) atoms. The van der Waals surface area contributed by atoms with Crippen molar-refractivity contribution in [1.29, 1.82) is 0 Å². The Bertz CT molecular complexity index is 839. The Kier molecular flexibility index (Phi) is 6.46. The van der Waals surface area contributed by atoms with E-state index in [1.54, 1.807) is 7.11 Å². The van der Waals surface area contributed by atoms with Crippen LogP contribution in [0.3, 0.4) is 0 Å². The van der Waals surface area contributed by atoms with Crippen LogP contribution in [0.2, 0.25) is 31.2 Å². The van der Waals surface area contributed by atoms with Gasteiger partial charge in [-0.2, -0.15) is 0 Å². The van der Waals surface area contributed by atoms with Crippen LogP contribution < -0.4 is 9.92 Å². The molecular formula is C24H37NOSi2. The van der Waals surface area contributed by atoms with Crippen molar-refractivity contribution in [3.05, 3.63) is 53.6 Å². The normalized spacial score (nSPS) is 13.6. The summed E-state index contributed by atoms with van der Waals surface area (Å²) in [4.78, 5) is 6.99. The molecule has 0 aliphatic carbocycles. The Morgan fingerprint density at radius 1 is 0.893 bits per heavy atom. The molecule has 152 valence electrons. The van der Waals surface area contributed by atoms with Crippen LogP contribution in [-0.2, 0) is 0 Å². The molecule has 0 radical (unpaired) electrons. The highest BCUT2D eigenvalue weighted by molar-refractivity contribution is 7.37. The van der Waals surface area contributed by atoms with Crippen LogP contribution in [0.1, 0.15) is 31.9 Å². The number of nitrogens with zero attached hydrogens (tertiary/aromatic N) is 1. The minimum atomic E-state index is -1.92. The number of rotatable bonds is 5. The Labute approximate surface area is 174 Å². The summed E-state index contributed by atoms with van der Waals surface area (Å²) in [6.45, 7) is 21.4. The highest BCUT2D eigenvalue weighted by Gasteiger charge is 2.47. The average molecular weight is 412 g/mol. The van der Waals surface area contributed by atoms with Gasteiger partial charge in [-0.15, -0.1) is 0 Å². The van der Waals surface area contributed by atoms with Gasteiger partial charge in [-0.25, -0.2) is 0 Å². The van der Waals surface area contributed by atoms with Crippen molar-refractivity contribution in [3.63, 3.8) is 0 Å². The summed E-state index contributed by atoms with van der Waals surface area (Å²) in [5.41, 5.74) is 3.49. The van der Waals surface area contributed by atoms with Crippen molar-refractivity contribution >= 4 is 32.0 Å². The highest BCUT2D eigenvalue weighted by Crippen LogP contribution is 2.40. The predicted molar refractivity (Wildman–Crippen MR) is 130 cm³/mol. The smallest absolute Gasteiger partial charge is 0.124 e. The van der Waals surface area contributed by atoms with Gasteiger partial charge < -0.3 is 4.74 Å². The van der Waals surface area contributed by atoms with Crippen LogP contribution in [0, 0.1) is 13.8 Å². The topological polar surface area (TPSA) is 21.6 Å². The molecule has 2 nitrogen and oxygen atoms in total. The van der Waals surface area contributed by atoms with E-state index < -0.39 is 16.1 Å². The van der Waals surface area contributed by atoms with E-state index in [2.05, 4.69) is 103 Å². The third-order valence-corrected chi connectivity index (χ3v) is 18.3. The van der Waals surface area contributed by atoms with E-state index in [1.807, 2.05) is 0 Å². The van der Waals surface area contributed by atoms with Gasteiger partial charge in [-0.05, 0) is 47.1 Å². The number of hydrogen-bond acceptors (Lipinski definition) is 2. The first-order chi connectivity index (χ1) is 12.8. The summed E-state index contributed by atoms with van der Waals surface area (Å²) < 4.78 is 5.46. The van der Waals surface area contributed by atoms with E-state index in [9.17, 15) is 0 Å². The molecule has 0 spiro atoms. The van der Waals surface area contributed by atoms with Gasteiger partial charge in [0.2, 0.25) is 0 Å². The molecule has 0 saturated carbocycles. The SMILES string of the molecule is COc1cc(C)c(N=C([Si](C)(C)c2ccccc2)[Si](C)(C)C(C)(C)C)c(C)c1. The second-order valence-electron chi connectivity index (χ2n) is 9.94. The van der Waals surface area contributed by atoms with Gasteiger partial charge in [0.05, 0.1) is 20.9 Å². The van der Waals surface area contributed by atoms with Gasteiger partial charge >= 0.3 is 0 Å². The van der Waals surface area contributed by atoms with Crippen LogP contribution in [-0.4, -0.2) is 28.2 Å². The van der Waals surface area contributed by atoms with Crippen molar-refractivity contribution in [2.24, 2.45) is 4.99 Å². The monoisotopic (exact) mass is 411 g/mol. The highest BCUT2D eigenvalue weighted by atomic mass is 28.4. The first kappa shape index (κ1) is 22.6. The minimum Gasteiger partial charge on any atom is -0.497 e. The van der Waals surface area contributed by atoms with Gasteiger partial charge in [0, 0.05) is 0 Å². The number of methoxy groups -OCH3 is 1. The maximum absolute atomic E-state index is 5.50. The van der Waals surface area contributed by atoms with Crippen molar-refractivity contribution in [3.8, 4) is 5.75 Å². The summed E-state index contributed by atoms with van der Waals surface area (Å²) >= 11 is 0. The summed E-state index contributed by atoms with van der Waals surface area (Å²) in [5, 5.41) is 1.70. The number of hydrogen-bond donors (Lipinski definition) is 0. The Morgan fingerprint density at radius 2 is 1.39 bits per heavy atom. The fourth-order valence-corrected chi connectivity index (χ4v) is 14.3. The third kappa shape index (κ3) is 4.33. The summed E-state index contributed by atoms with van der Waals surface area (Å²) in [5.74, 6) is 0.905. The fourth-order valence-electron chi connectivity index (χ4n) is 3.73. The predicted octanol–water partition coefficient (Wildman–Crippen LogP) is 6.59. The van der Waals surface area contributed by atoms with Crippen LogP contribution in [0.25, 0.3) is 0 Å². The zero-order chi connectivity index (χ0) is 21.3. The van der Waals surface area contributed by atoms with E-state index in [0.29, 0.717) is 0 Å². The average Bonchev–Trinajstić information content (AvgIpc) is 2.60. The second kappa shape index (κ2) is 7.99. The first-order valence-electron chi connectivity index (χ1n) is 10.1. The van der Waals surface area contributed by atoms with Crippen molar-refractivity contribution in [1.82, 2.24) is 0 Å². The van der Waals surface area contributed by atoms with Crippen molar-refractivity contribution in [2.75, 3.05) is 7.11 Å². The van der Waals surface area contributed by atoms with Gasteiger partial charge in [-0.3, -0.25) is 4.99 Å². The molecule has 0 saturated heterocycles. The molecule has 0 N–H and O–H groups in total.